The van der Waals surface area contributed by atoms with Crippen LogP contribution in [-0.4, -0.2) is 33.4 Å². The molecule has 0 aliphatic rings. The summed E-state index contributed by atoms with van der Waals surface area (Å²) in [5, 5.41) is 2.97. The number of rotatable bonds is 7. The molecule has 0 spiro atoms. The summed E-state index contributed by atoms with van der Waals surface area (Å²) in [5.41, 5.74) is 0. The van der Waals surface area contributed by atoms with Crippen LogP contribution < -0.4 is 5.32 Å². The lowest BCUT2D eigenvalue weighted by atomic mass is 10.7. The van der Waals surface area contributed by atoms with Gasteiger partial charge in [-0.1, -0.05) is 6.58 Å². The Balaban J connectivity index is 2.70. The molecular weight excluding hydrogens is 130 g/mol. The second-order valence-electron chi connectivity index (χ2n) is 1.75. The minimum atomic E-state index is 0.590. The molecule has 0 saturated carbocycles. The smallest absolute Gasteiger partial charge is 0.111 e. The van der Waals surface area contributed by atoms with Gasteiger partial charge in [-0.25, -0.2) is 0 Å². The number of ether oxygens (including phenoxy) is 2. The Morgan fingerprint density at radius 3 is 2.80 bits per heavy atom. The largest absolute Gasteiger partial charge is 0.499 e. The first-order valence-electron chi connectivity index (χ1n) is 3.36. The van der Waals surface area contributed by atoms with Gasteiger partial charge < -0.3 is 14.8 Å². The van der Waals surface area contributed by atoms with Gasteiger partial charge in [0.2, 0.25) is 0 Å². The van der Waals surface area contributed by atoms with E-state index in [-0.39, 0.29) is 0 Å². The average Bonchev–Trinajstić information content (AvgIpc) is 1.97. The van der Waals surface area contributed by atoms with E-state index in [1.54, 1.807) is 0 Å². The van der Waals surface area contributed by atoms with E-state index < -0.39 is 0 Å². The third-order valence-corrected chi connectivity index (χ3v) is 0.960. The van der Waals surface area contributed by atoms with Crippen LogP contribution in [0.15, 0.2) is 12.8 Å². The molecule has 1 N–H and O–H groups in total. The Kier molecular flexibility index (Phi) is 8.00. The first-order valence-corrected chi connectivity index (χ1v) is 3.36. The summed E-state index contributed by atoms with van der Waals surface area (Å²) in [5.74, 6) is 0. The Labute approximate surface area is 62.0 Å². The lowest BCUT2D eigenvalue weighted by Gasteiger charge is -2.02. The van der Waals surface area contributed by atoms with E-state index in [1.165, 1.54) is 6.26 Å². The van der Waals surface area contributed by atoms with E-state index in [9.17, 15) is 0 Å². The van der Waals surface area contributed by atoms with Crippen LogP contribution in [0.25, 0.3) is 0 Å². The maximum atomic E-state index is 5.14. The number of hydrogen-bond acceptors (Lipinski definition) is 3. The molecule has 60 valence electrons. The van der Waals surface area contributed by atoms with Crippen molar-refractivity contribution in [2.24, 2.45) is 0 Å². The quantitative estimate of drug-likeness (QED) is 0.415. The van der Waals surface area contributed by atoms with Crippen molar-refractivity contribution in [2.75, 3.05) is 33.4 Å². The highest BCUT2D eigenvalue weighted by molar-refractivity contribution is 4.47. The highest BCUT2D eigenvalue weighted by Crippen LogP contribution is 1.76. The van der Waals surface area contributed by atoms with Crippen LogP contribution in [0, 0.1) is 0 Å². The zero-order valence-corrected chi connectivity index (χ0v) is 6.43. The van der Waals surface area contributed by atoms with Crippen LogP contribution in [-0.2, 0) is 9.47 Å². The van der Waals surface area contributed by atoms with E-state index in [4.69, 9.17) is 9.47 Å². The van der Waals surface area contributed by atoms with Crippen molar-refractivity contribution in [3.63, 3.8) is 0 Å². The molecule has 0 saturated heterocycles. The molecule has 0 bridgehead atoms. The van der Waals surface area contributed by atoms with E-state index >= 15 is 0 Å². The second kappa shape index (κ2) is 8.46. The predicted octanol–water partition coefficient (Wildman–Crippen LogP) is 0.382. The average molecular weight is 145 g/mol. The van der Waals surface area contributed by atoms with Crippen molar-refractivity contribution in [2.45, 2.75) is 0 Å². The molecule has 0 heterocycles. The van der Waals surface area contributed by atoms with Crippen molar-refractivity contribution in [1.82, 2.24) is 5.32 Å². The van der Waals surface area contributed by atoms with Gasteiger partial charge in [-0.15, -0.1) is 0 Å². The Hall–Kier alpha value is -0.540. The molecular formula is C7H15NO2. The molecule has 0 aromatic rings. The van der Waals surface area contributed by atoms with Gasteiger partial charge in [-0.2, -0.15) is 0 Å². The van der Waals surface area contributed by atoms with Crippen LogP contribution in [0.5, 0.6) is 0 Å². The Bertz CT molecular complexity index is 76.0. The second-order valence-corrected chi connectivity index (χ2v) is 1.75. The van der Waals surface area contributed by atoms with Gasteiger partial charge in [0, 0.05) is 6.54 Å². The molecule has 0 fully saturated rings. The summed E-state index contributed by atoms with van der Waals surface area (Å²) in [6.45, 7) is 6.24. The summed E-state index contributed by atoms with van der Waals surface area (Å²) in [7, 11) is 1.89. The van der Waals surface area contributed by atoms with Gasteiger partial charge in [0.15, 0.2) is 0 Å². The normalized spacial score (nSPS) is 9.30. The fourth-order valence-electron chi connectivity index (χ4n) is 0.467. The minimum absolute atomic E-state index is 0.590. The third-order valence-electron chi connectivity index (χ3n) is 0.960. The molecule has 0 rings (SSSR count). The molecule has 0 aromatic carbocycles. The highest BCUT2D eigenvalue weighted by atomic mass is 16.5. The summed E-state index contributed by atoms with van der Waals surface area (Å²) < 4.78 is 9.97. The van der Waals surface area contributed by atoms with Crippen molar-refractivity contribution < 1.29 is 9.47 Å². The van der Waals surface area contributed by atoms with E-state index in [2.05, 4.69) is 11.9 Å². The van der Waals surface area contributed by atoms with Gasteiger partial charge in [0.25, 0.3) is 0 Å². The van der Waals surface area contributed by atoms with Gasteiger partial charge >= 0.3 is 0 Å². The van der Waals surface area contributed by atoms with Crippen molar-refractivity contribution in [1.29, 1.82) is 0 Å². The molecule has 3 heteroatoms. The number of hydrogen-bond donors (Lipinski definition) is 1. The lowest BCUT2D eigenvalue weighted by Crippen LogP contribution is -2.15. The van der Waals surface area contributed by atoms with Crippen LogP contribution in [0.3, 0.4) is 0 Å². The van der Waals surface area contributed by atoms with Crippen LogP contribution in [0.1, 0.15) is 0 Å². The van der Waals surface area contributed by atoms with E-state index in [0.29, 0.717) is 13.2 Å². The Morgan fingerprint density at radius 2 is 2.20 bits per heavy atom. The third kappa shape index (κ3) is 7.46. The van der Waals surface area contributed by atoms with Crippen molar-refractivity contribution in [3.8, 4) is 0 Å². The number of likely N-dealkylation sites (N-methyl/N-ethyl adjacent to an activating group) is 1. The predicted molar refractivity (Wildman–Crippen MR) is 40.9 cm³/mol. The summed E-state index contributed by atoms with van der Waals surface area (Å²) in [6, 6.07) is 0. The highest BCUT2D eigenvalue weighted by Gasteiger charge is 1.84. The van der Waals surface area contributed by atoms with Crippen molar-refractivity contribution in [3.05, 3.63) is 12.8 Å². The van der Waals surface area contributed by atoms with Gasteiger partial charge in [-0.3, -0.25) is 0 Å². The minimum Gasteiger partial charge on any atom is -0.499 e. The van der Waals surface area contributed by atoms with Gasteiger partial charge in [0.05, 0.1) is 19.5 Å². The molecule has 0 amide bonds. The fraction of sp³-hybridized carbons (Fsp3) is 0.714. The van der Waals surface area contributed by atoms with Crippen molar-refractivity contribution >= 4 is 0 Å². The van der Waals surface area contributed by atoms with Crippen LogP contribution in [0.2, 0.25) is 0 Å². The molecule has 0 aliphatic heterocycles. The summed E-state index contributed by atoms with van der Waals surface area (Å²) in [6.07, 6.45) is 1.42. The standard InChI is InChI=1S/C7H15NO2/c1-3-9-6-7-10-5-4-8-2/h3,8H,1,4-7H2,2H3. The topological polar surface area (TPSA) is 30.5 Å². The molecule has 10 heavy (non-hydrogen) atoms. The van der Waals surface area contributed by atoms with Gasteiger partial charge in [-0.05, 0) is 7.05 Å². The summed E-state index contributed by atoms with van der Waals surface area (Å²) in [4.78, 5) is 0. The zero-order chi connectivity index (χ0) is 7.66. The van der Waals surface area contributed by atoms with Crippen LogP contribution >= 0.6 is 0 Å². The Morgan fingerprint density at radius 1 is 1.40 bits per heavy atom. The zero-order valence-electron chi connectivity index (χ0n) is 6.43. The molecule has 3 nitrogen and oxygen atoms in total. The fourth-order valence-corrected chi connectivity index (χ4v) is 0.467. The molecule has 0 aliphatic carbocycles. The number of nitrogens with one attached hydrogen (secondary N) is 1. The van der Waals surface area contributed by atoms with E-state index in [0.717, 1.165) is 13.2 Å². The van der Waals surface area contributed by atoms with Gasteiger partial charge in [0.1, 0.15) is 6.61 Å². The molecule has 0 atom stereocenters. The molecule has 0 aromatic heterocycles. The molecule has 0 radical (unpaired) electrons. The van der Waals surface area contributed by atoms with Crippen LogP contribution in [0.4, 0.5) is 0 Å². The SMILES string of the molecule is C=COCCOCCNC. The first kappa shape index (κ1) is 9.46. The summed E-state index contributed by atoms with van der Waals surface area (Å²) >= 11 is 0. The first-order chi connectivity index (χ1) is 4.91. The lowest BCUT2D eigenvalue weighted by molar-refractivity contribution is 0.0874. The molecule has 0 unspecified atom stereocenters. The monoisotopic (exact) mass is 145 g/mol. The maximum absolute atomic E-state index is 5.14. The van der Waals surface area contributed by atoms with E-state index in [1.807, 2.05) is 7.05 Å². The maximum Gasteiger partial charge on any atom is 0.111 e.